The maximum absolute atomic E-state index is 9.67. The molecule has 0 spiro atoms. The number of nitrogen functional groups attached to an aromatic ring is 1. The van der Waals surface area contributed by atoms with Crippen LogP contribution in [-0.2, 0) is 6.42 Å². The molecule has 5 N–H and O–H groups in total. The summed E-state index contributed by atoms with van der Waals surface area (Å²) in [5.74, 6) is 0.623. The van der Waals surface area contributed by atoms with E-state index in [1.54, 1.807) is 29.1 Å². The summed E-state index contributed by atoms with van der Waals surface area (Å²) >= 11 is 0. The zero-order valence-corrected chi connectivity index (χ0v) is 8.80. The average molecular weight is 218 g/mol. The van der Waals surface area contributed by atoms with Gasteiger partial charge in [-0.25, -0.2) is 4.68 Å². The smallest absolute Gasteiger partial charge is 0.149 e. The molecule has 1 heterocycles. The molecule has 0 aliphatic rings. The van der Waals surface area contributed by atoms with Gasteiger partial charge in [-0.3, -0.25) is 0 Å². The maximum atomic E-state index is 9.67. The molecule has 2 aromatic rings. The fourth-order valence-corrected chi connectivity index (χ4v) is 1.55. The number of para-hydroxylation sites is 2. The number of hydrogen-bond acceptors (Lipinski definition) is 4. The Hall–Kier alpha value is -2.01. The Kier molecular flexibility index (Phi) is 2.78. The van der Waals surface area contributed by atoms with Gasteiger partial charge in [0.25, 0.3) is 0 Å². The van der Waals surface area contributed by atoms with Crippen molar-refractivity contribution in [3.63, 3.8) is 0 Å². The van der Waals surface area contributed by atoms with Gasteiger partial charge in [-0.15, -0.1) is 0 Å². The lowest BCUT2D eigenvalue weighted by Crippen LogP contribution is -2.03. The van der Waals surface area contributed by atoms with Gasteiger partial charge < -0.3 is 16.6 Å². The van der Waals surface area contributed by atoms with Gasteiger partial charge in [0.15, 0.2) is 0 Å². The van der Waals surface area contributed by atoms with Crippen LogP contribution in [0.25, 0.3) is 5.69 Å². The van der Waals surface area contributed by atoms with Crippen LogP contribution in [0, 0.1) is 0 Å². The van der Waals surface area contributed by atoms with Crippen molar-refractivity contribution < 1.29 is 5.11 Å². The number of nitrogens with zero attached hydrogens (tertiary/aromatic N) is 2. The van der Waals surface area contributed by atoms with E-state index in [-0.39, 0.29) is 5.75 Å². The van der Waals surface area contributed by atoms with Crippen molar-refractivity contribution in [2.45, 2.75) is 6.42 Å². The first-order valence-corrected chi connectivity index (χ1v) is 5.05. The van der Waals surface area contributed by atoms with E-state index in [9.17, 15) is 5.11 Å². The Bertz CT molecular complexity index is 492. The molecule has 5 nitrogen and oxygen atoms in total. The highest BCUT2D eigenvalue weighted by molar-refractivity contribution is 5.48. The predicted octanol–water partition coefficient (Wildman–Crippen LogP) is 0.661. The third-order valence-corrected chi connectivity index (χ3v) is 2.36. The second-order valence-electron chi connectivity index (χ2n) is 3.51. The maximum Gasteiger partial charge on any atom is 0.149 e. The molecule has 0 saturated heterocycles. The molecule has 16 heavy (non-hydrogen) atoms. The topological polar surface area (TPSA) is 90.1 Å². The van der Waals surface area contributed by atoms with E-state index in [1.165, 1.54) is 0 Å². The quantitative estimate of drug-likeness (QED) is 0.706. The fourth-order valence-electron chi connectivity index (χ4n) is 1.55. The molecule has 5 heteroatoms. The molecule has 0 unspecified atom stereocenters. The van der Waals surface area contributed by atoms with Crippen LogP contribution in [0.3, 0.4) is 0 Å². The number of nitrogens with two attached hydrogens (primary N) is 2. The number of benzene rings is 1. The predicted molar refractivity (Wildman–Crippen MR) is 62.4 cm³/mol. The SMILES string of the molecule is NCCc1cn(-c2ccccc2O)nc1N. The third-order valence-electron chi connectivity index (χ3n) is 2.36. The minimum absolute atomic E-state index is 0.171. The fraction of sp³-hybridized carbons (Fsp3) is 0.182. The molecule has 84 valence electrons. The minimum Gasteiger partial charge on any atom is -0.506 e. The summed E-state index contributed by atoms with van der Waals surface area (Å²) in [6.07, 6.45) is 2.47. The molecule has 0 radical (unpaired) electrons. The van der Waals surface area contributed by atoms with Crippen molar-refractivity contribution in [1.82, 2.24) is 9.78 Å². The summed E-state index contributed by atoms with van der Waals surface area (Å²) in [4.78, 5) is 0. The molecule has 0 bridgehead atoms. The van der Waals surface area contributed by atoms with Crippen molar-refractivity contribution >= 4 is 5.82 Å². The van der Waals surface area contributed by atoms with Gasteiger partial charge in [0.2, 0.25) is 0 Å². The van der Waals surface area contributed by atoms with Crippen LogP contribution < -0.4 is 11.5 Å². The molecule has 0 aliphatic heterocycles. The molecule has 0 amide bonds. The van der Waals surface area contributed by atoms with Gasteiger partial charge >= 0.3 is 0 Å². The van der Waals surface area contributed by atoms with Gasteiger partial charge in [-0.1, -0.05) is 12.1 Å². The first-order chi connectivity index (χ1) is 7.72. The molecule has 0 saturated carbocycles. The van der Waals surface area contributed by atoms with Crippen LogP contribution >= 0.6 is 0 Å². The molecule has 2 rings (SSSR count). The molecule has 0 fully saturated rings. The highest BCUT2D eigenvalue weighted by atomic mass is 16.3. The van der Waals surface area contributed by atoms with Crippen LogP contribution in [0.15, 0.2) is 30.5 Å². The summed E-state index contributed by atoms with van der Waals surface area (Å²) in [5.41, 5.74) is 12.7. The van der Waals surface area contributed by atoms with Gasteiger partial charge in [-0.05, 0) is 25.1 Å². The van der Waals surface area contributed by atoms with E-state index >= 15 is 0 Å². The number of aromatic nitrogens is 2. The van der Waals surface area contributed by atoms with E-state index in [2.05, 4.69) is 5.10 Å². The van der Waals surface area contributed by atoms with Crippen LogP contribution in [0.4, 0.5) is 5.82 Å². The lowest BCUT2D eigenvalue weighted by atomic mass is 10.2. The van der Waals surface area contributed by atoms with Crippen molar-refractivity contribution in [3.8, 4) is 11.4 Å². The number of rotatable bonds is 3. The van der Waals surface area contributed by atoms with E-state index < -0.39 is 0 Å². The Morgan fingerprint density at radius 2 is 2.06 bits per heavy atom. The lowest BCUT2D eigenvalue weighted by Gasteiger charge is -2.02. The second kappa shape index (κ2) is 4.24. The number of phenolic OH excluding ortho intramolecular Hbond substituents is 1. The zero-order valence-electron chi connectivity index (χ0n) is 8.80. The lowest BCUT2D eigenvalue weighted by molar-refractivity contribution is 0.470. The Morgan fingerprint density at radius 3 is 2.75 bits per heavy atom. The van der Waals surface area contributed by atoms with E-state index in [4.69, 9.17) is 11.5 Å². The molecule has 1 aromatic carbocycles. The Balaban J connectivity index is 2.42. The molecular formula is C11H14N4O. The van der Waals surface area contributed by atoms with Gasteiger partial charge in [-0.2, -0.15) is 5.10 Å². The van der Waals surface area contributed by atoms with Gasteiger partial charge in [0.05, 0.1) is 0 Å². The summed E-state index contributed by atoms with van der Waals surface area (Å²) in [6, 6.07) is 6.96. The van der Waals surface area contributed by atoms with Crippen LogP contribution in [0.1, 0.15) is 5.56 Å². The normalized spacial score (nSPS) is 10.6. The van der Waals surface area contributed by atoms with Crippen LogP contribution in [0.2, 0.25) is 0 Å². The molecule has 0 aliphatic carbocycles. The van der Waals surface area contributed by atoms with Gasteiger partial charge in [0, 0.05) is 11.8 Å². The summed E-state index contributed by atoms with van der Waals surface area (Å²) in [6.45, 7) is 0.524. The van der Waals surface area contributed by atoms with Crippen molar-refractivity contribution in [2.75, 3.05) is 12.3 Å². The Morgan fingerprint density at radius 1 is 1.31 bits per heavy atom. The first kappa shape index (κ1) is 10.5. The highest BCUT2D eigenvalue weighted by Crippen LogP contribution is 2.22. The van der Waals surface area contributed by atoms with Crippen molar-refractivity contribution in [2.24, 2.45) is 5.73 Å². The number of aromatic hydroxyl groups is 1. The van der Waals surface area contributed by atoms with Crippen molar-refractivity contribution in [3.05, 3.63) is 36.0 Å². The van der Waals surface area contributed by atoms with Crippen molar-refractivity contribution in [1.29, 1.82) is 0 Å². The molecule has 0 atom stereocenters. The minimum atomic E-state index is 0.171. The summed E-state index contributed by atoms with van der Waals surface area (Å²) in [7, 11) is 0. The van der Waals surface area contributed by atoms with Gasteiger partial charge in [0.1, 0.15) is 17.3 Å². The highest BCUT2D eigenvalue weighted by Gasteiger charge is 2.08. The first-order valence-electron chi connectivity index (χ1n) is 5.05. The van der Waals surface area contributed by atoms with E-state index in [0.717, 1.165) is 5.56 Å². The molecule has 1 aromatic heterocycles. The zero-order chi connectivity index (χ0) is 11.5. The number of hydrogen-bond donors (Lipinski definition) is 3. The number of phenols is 1. The number of anilines is 1. The van der Waals surface area contributed by atoms with Crippen LogP contribution in [-0.4, -0.2) is 21.4 Å². The Labute approximate surface area is 93.3 Å². The van der Waals surface area contributed by atoms with E-state index in [1.807, 2.05) is 6.07 Å². The summed E-state index contributed by atoms with van der Waals surface area (Å²) < 4.78 is 1.57. The molecular weight excluding hydrogens is 204 g/mol. The third kappa shape index (κ3) is 1.85. The largest absolute Gasteiger partial charge is 0.506 e. The van der Waals surface area contributed by atoms with Crippen LogP contribution in [0.5, 0.6) is 5.75 Å². The standard InChI is InChI=1S/C11H14N4O/c12-6-5-8-7-15(14-11(8)13)9-3-1-2-4-10(9)16/h1-4,7,16H,5-6,12H2,(H2,13,14). The van der Waals surface area contributed by atoms with E-state index in [0.29, 0.717) is 24.5 Å². The summed E-state index contributed by atoms with van der Waals surface area (Å²) in [5, 5.41) is 13.8. The second-order valence-corrected chi connectivity index (χ2v) is 3.51. The average Bonchev–Trinajstić information content (AvgIpc) is 2.61. The monoisotopic (exact) mass is 218 g/mol.